The van der Waals surface area contributed by atoms with Crippen LogP contribution in [-0.4, -0.2) is 164 Å². The first kappa shape index (κ1) is 44.9. The van der Waals surface area contributed by atoms with Crippen molar-refractivity contribution >= 4 is 23.5 Å². The molecular weight excluding hydrogens is 791 g/mol. The molecule has 0 radical (unpaired) electrons. The average Bonchev–Trinajstić information content (AvgIpc) is 3.81. The number of nitrogens with zero attached hydrogens (tertiary/aromatic N) is 9. The molecule has 4 bridgehead atoms. The van der Waals surface area contributed by atoms with Crippen molar-refractivity contribution in [2.45, 2.75) is 141 Å². The highest BCUT2D eigenvalue weighted by Crippen LogP contribution is 2.45. The van der Waals surface area contributed by atoms with Crippen molar-refractivity contribution in [3.8, 4) is 5.82 Å². The number of rotatable bonds is 8. The molecule has 0 aromatic carbocycles. The van der Waals surface area contributed by atoms with E-state index in [-0.39, 0.29) is 43.8 Å². The summed E-state index contributed by atoms with van der Waals surface area (Å²) in [5, 5.41) is 27.5. The number of likely N-dealkylation sites (N-methyl/N-ethyl adjacent to an activating group) is 1. The number of aromatic nitrogens is 5. The maximum absolute atomic E-state index is 14.5. The van der Waals surface area contributed by atoms with Crippen LogP contribution in [0.3, 0.4) is 0 Å². The Morgan fingerprint density at radius 2 is 1.87 bits per heavy atom. The number of cyclic esters (lactones) is 1. The number of carbonyl (C=O) groups excluding carboxylic acids is 2. The first-order chi connectivity index (χ1) is 29.0. The molecule has 1 N–H and O–H groups in total. The Hall–Kier alpha value is -4.14. The van der Waals surface area contributed by atoms with Crippen molar-refractivity contribution in [2.24, 2.45) is 33.8 Å². The van der Waals surface area contributed by atoms with Crippen LogP contribution >= 0.6 is 0 Å². The minimum atomic E-state index is -1.15. The number of carbonyl (C=O) groups is 2. The monoisotopic (exact) mass is 853 g/mol. The zero-order valence-corrected chi connectivity index (χ0v) is 37.0. The van der Waals surface area contributed by atoms with Gasteiger partial charge in [-0.15, -0.1) is 5.10 Å². The third kappa shape index (κ3) is 9.04. The standard InChI is InChI=1S/C42H63N9O10/c1-11-31-42(8)36-25(4)33(43-14-15-50(36)40(54)61-42)23(2)17-41(7)37(60-39-34(52)30(49(9)10)16-24(3)58-39)26(5)35(27(6)38(53)59-31)55-20-29(21-56-41)46-57-19-28-12-13-32(44-18-28)51-22-45-47-48-51/h12-13,18,22-27,30-31,34-37,39,52H,11,14-17,19-21H2,1-10H3/b46-29+/t23-,24+,25+,26+,27-,30-,31-,34+,35+,36-,37-,39-,41-,42-/m1/s1. The van der Waals surface area contributed by atoms with Crippen LogP contribution in [0.1, 0.15) is 80.2 Å². The lowest BCUT2D eigenvalue weighted by Gasteiger charge is -2.48. The summed E-state index contributed by atoms with van der Waals surface area (Å²) < 4.78 is 41.3. The van der Waals surface area contributed by atoms with Gasteiger partial charge in [-0.25, -0.2) is 9.78 Å². The molecule has 14 atom stereocenters. The fraction of sp³-hybridized carbons (Fsp3) is 0.762. The molecule has 5 aliphatic heterocycles. The number of aliphatic imine (C=N–C) groups is 1. The van der Waals surface area contributed by atoms with Crippen LogP contribution < -0.4 is 0 Å². The molecule has 2 aromatic rings. The van der Waals surface area contributed by atoms with E-state index in [1.54, 1.807) is 24.1 Å². The van der Waals surface area contributed by atoms with Gasteiger partial charge in [-0.3, -0.25) is 14.7 Å². The average molecular weight is 854 g/mol. The number of oxime groups is 1. The van der Waals surface area contributed by atoms with Crippen LogP contribution in [0.2, 0.25) is 0 Å². The summed E-state index contributed by atoms with van der Waals surface area (Å²) >= 11 is 0. The molecule has 5 aliphatic rings. The van der Waals surface area contributed by atoms with Crippen molar-refractivity contribution in [3.63, 3.8) is 0 Å². The van der Waals surface area contributed by atoms with Crippen LogP contribution in [0.25, 0.3) is 5.82 Å². The minimum Gasteiger partial charge on any atom is -0.458 e. The van der Waals surface area contributed by atoms with Gasteiger partial charge >= 0.3 is 12.1 Å². The molecule has 1 amide bonds. The van der Waals surface area contributed by atoms with E-state index in [9.17, 15) is 14.7 Å². The number of hydrogen-bond donors (Lipinski definition) is 1. The Labute approximate surface area is 357 Å². The molecule has 61 heavy (non-hydrogen) atoms. The highest BCUT2D eigenvalue weighted by atomic mass is 16.7. The van der Waals surface area contributed by atoms with Gasteiger partial charge in [0.2, 0.25) is 0 Å². The fourth-order valence-electron chi connectivity index (χ4n) is 10.3. The number of ether oxygens (including phenoxy) is 6. The summed E-state index contributed by atoms with van der Waals surface area (Å²) in [4.78, 5) is 47.3. The molecule has 0 unspecified atom stereocenters. The van der Waals surface area contributed by atoms with E-state index in [1.165, 1.54) is 11.0 Å². The second kappa shape index (κ2) is 18.3. The van der Waals surface area contributed by atoms with Crippen LogP contribution in [-0.2, 0) is 44.7 Å². The number of esters is 1. The van der Waals surface area contributed by atoms with Gasteiger partial charge in [0.15, 0.2) is 17.7 Å². The molecule has 4 fully saturated rings. The predicted molar refractivity (Wildman–Crippen MR) is 220 cm³/mol. The third-order valence-electron chi connectivity index (χ3n) is 13.4. The normalized spacial score (nSPS) is 39.4. The van der Waals surface area contributed by atoms with Crippen molar-refractivity contribution in [3.05, 3.63) is 30.2 Å². The summed E-state index contributed by atoms with van der Waals surface area (Å²) in [6.07, 6.45) is -0.454. The highest BCUT2D eigenvalue weighted by molar-refractivity contribution is 5.91. The van der Waals surface area contributed by atoms with Gasteiger partial charge < -0.3 is 43.3 Å². The second-order valence-corrected chi connectivity index (χ2v) is 18.1. The van der Waals surface area contributed by atoms with Gasteiger partial charge in [0.05, 0.1) is 55.6 Å². The van der Waals surface area contributed by atoms with Gasteiger partial charge in [-0.1, -0.05) is 38.9 Å². The number of hydrogen-bond acceptors (Lipinski definition) is 17. The summed E-state index contributed by atoms with van der Waals surface area (Å²) in [7, 11) is 3.86. The first-order valence-electron chi connectivity index (χ1n) is 21.6. The smallest absolute Gasteiger partial charge is 0.410 e. The summed E-state index contributed by atoms with van der Waals surface area (Å²) in [5.41, 5.74) is -0.149. The van der Waals surface area contributed by atoms with Gasteiger partial charge in [0.1, 0.15) is 30.9 Å². The molecular formula is C42H63N9O10. The van der Waals surface area contributed by atoms with Crippen LogP contribution in [0, 0.1) is 23.7 Å². The Kier molecular flexibility index (Phi) is 13.5. The quantitative estimate of drug-likeness (QED) is 0.299. The zero-order valence-electron chi connectivity index (χ0n) is 37.0. The van der Waals surface area contributed by atoms with Crippen LogP contribution in [0.5, 0.6) is 0 Å². The van der Waals surface area contributed by atoms with E-state index >= 15 is 0 Å². The molecule has 336 valence electrons. The summed E-state index contributed by atoms with van der Waals surface area (Å²) in [5.74, 6) is -1.78. The Morgan fingerprint density at radius 3 is 2.56 bits per heavy atom. The third-order valence-corrected chi connectivity index (χ3v) is 13.4. The molecule has 0 saturated carbocycles. The predicted octanol–water partition coefficient (Wildman–Crippen LogP) is 3.22. The lowest BCUT2D eigenvalue weighted by molar-refractivity contribution is -0.302. The van der Waals surface area contributed by atoms with E-state index < -0.39 is 71.8 Å². The van der Waals surface area contributed by atoms with Gasteiger partial charge in [0, 0.05) is 41.9 Å². The van der Waals surface area contributed by atoms with Gasteiger partial charge in [0.25, 0.3) is 0 Å². The minimum absolute atomic E-state index is 0.000604. The Morgan fingerprint density at radius 1 is 1.08 bits per heavy atom. The number of aliphatic hydroxyl groups excluding tert-OH is 1. The summed E-state index contributed by atoms with van der Waals surface area (Å²) in [6, 6.07) is 2.94. The van der Waals surface area contributed by atoms with Crippen molar-refractivity contribution < 1.29 is 48.0 Å². The molecule has 0 aliphatic carbocycles. The van der Waals surface area contributed by atoms with Crippen molar-refractivity contribution in [2.75, 3.05) is 40.4 Å². The van der Waals surface area contributed by atoms with E-state index in [2.05, 4.69) is 39.5 Å². The lowest BCUT2D eigenvalue weighted by Crippen LogP contribution is -2.60. The largest absolute Gasteiger partial charge is 0.458 e. The molecule has 19 nitrogen and oxygen atoms in total. The molecule has 2 aromatic heterocycles. The van der Waals surface area contributed by atoms with E-state index in [0.717, 1.165) is 11.3 Å². The molecule has 0 spiro atoms. The molecule has 19 heteroatoms. The lowest BCUT2D eigenvalue weighted by atomic mass is 9.72. The maximum Gasteiger partial charge on any atom is 0.410 e. The second-order valence-electron chi connectivity index (χ2n) is 18.1. The number of fused-ring (bicyclic) bond motifs is 4. The number of amides is 1. The number of aliphatic hydroxyl groups is 1. The van der Waals surface area contributed by atoms with E-state index in [4.69, 9.17) is 38.3 Å². The Balaban J connectivity index is 1.27. The topological polar surface area (TPSA) is 207 Å². The van der Waals surface area contributed by atoms with E-state index in [1.807, 2.05) is 59.7 Å². The van der Waals surface area contributed by atoms with Crippen molar-refractivity contribution in [1.82, 2.24) is 35.0 Å². The number of pyridine rings is 1. The van der Waals surface area contributed by atoms with Crippen molar-refractivity contribution in [1.29, 1.82) is 0 Å². The Bertz CT molecular complexity index is 1900. The van der Waals surface area contributed by atoms with Gasteiger partial charge in [-0.05, 0) is 83.5 Å². The SMILES string of the molecule is CC[C@H]1OC(=O)[C@H](C)[C@H]2OC/C(=N\OCc3ccc(-n4cnnn4)nc3)CO[C@](C)(C[C@@H](C)C3=NCCN4C(=O)O[C@@]1(C)[C@H]4[C@H]3C)[C@H](O[C@H]1O[C@@H](C)C[C@@H](N(C)C)[C@@H]1O)[C@H]2C. The van der Waals surface area contributed by atoms with Crippen LogP contribution in [0.4, 0.5) is 4.79 Å². The molecule has 7 rings (SSSR count). The van der Waals surface area contributed by atoms with E-state index in [0.29, 0.717) is 43.9 Å². The molecule has 7 heterocycles. The summed E-state index contributed by atoms with van der Waals surface area (Å²) in [6.45, 7) is 16.5. The first-order valence-corrected chi connectivity index (χ1v) is 21.6. The fourth-order valence-corrected chi connectivity index (χ4v) is 10.3. The highest BCUT2D eigenvalue weighted by Gasteiger charge is 2.60. The van der Waals surface area contributed by atoms with Gasteiger partial charge in [-0.2, -0.15) is 4.68 Å². The van der Waals surface area contributed by atoms with Crippen LogP contribution in [0.15, 0.2) is 34.8 Å². The zero-order chi connectivity index (χ0) is 43.8. The number of tetrazole rings is 1. The molecule has 4 saturated heterocycles. The maximum atomic E-state index is 14.5.